The third kappa shape index (κ3) is 5.56. The minimum Gasteiger partial charge on any atom is -0.351 e. The predicted octanol–water partition coefficient (Wildman–Crippen LogP) is 3.60. The molecular formula is C20H31N3O2. The molecule has 5 heteroatoms. The Morgan fingerprint density at radius 3 is 2.16 bits per heavy atom. The fourth-order valence-corrected chi connectivity index (χ4v) is 3.66. The molecule has 25 heavy (non-hydrogen) atoms. The average molecular weight is 345 g/mol. The van der Waals surface area contributed by atoms with Crippen LogP contribution >= 0.6 is 0 Å². The zero-order valence-electron chi connectivity index (χ0n) is 15.5. The third-order valence-corrected chi connectivity index (χ3v) is 5.11. The lowest BCUT2D eigenvalue weighted by molar-refractivity contribution is -0.121. The molecule has 3 amide bonds. The van der Waals surface area contributed by atoms with Crippen molar-refractivity contribution in [3.63, 3.8) is 0 Å². The molecule has 0 saturated heterocycles. The smallest absolute Gasteiger partial charge is 0.318 e. The summed E-state index contributed by atoms with van der Waals surface area (Å²) in [5.74, 6) is 0.592. The van der Waals surface area contributed by atoms with Crippen LogP contribution in [0.15, 0.2) is 24.3 Å². The summed E-state index contributed by atoms with van der Waals surface area (Å²) in [4.78, 5) is 22.8. The molecule has 0 spiro atoms. The Bertz CT molecular complexity index is 577. The van der Waals surface area contributed by atoms with Gasteiger partial charge in [0.25, 0.3) is 0 Å². The molecule has 0 heterocycles. The standard InChI is InChI=1S/C20H31N3O2/c1-13(2)18(22-14(3)19(24)23-20(21)25)17-11-9-16(10-12-17)15-7-5-4-6-8-15/h9-15,18,22H,4-8H2,1-3H3,(H3,21,23,24,25)/t14-,18-/m0/s1. The van der Waals surface area contributed by atoms with E-state index in [0.29, 0.717) is 11.8 Å². The zero-order valence-corrected chi connectivity index (χ0v) is 15.5. The number of amides is 3. The molecule has 1 aliphatic rings. The molecule has 0 bridgehead atoms. The number of imide groups is 1. The summed E-state index contributed by atoms with van der Waals surface area (Å²) >= 11 is 0. The van der Waals surface area contributed by atoms with Crippen LogP contribution in [-0.2, 0) is 4.79 Å². The lowest BCUT2D eigenvalue weighted by atomic mass is 9.83. The largest absolute Gasteiger partial charge is 0.351 e. The normalized spacial score (nSPS) is 17.9. The van der Waals surface area contributed by atoms with Gasteiger partial charge in [-0.3, -0.25) is 15.4 Å². The number of nitrogens with two attached hydrogens (primary N) is 1. The van der Waals surface area contributed by atoms with Gasteiger partial charge in [-0.25, -0.2) is 4.79 Å². The summed E-state index contributed by atoms with van der Waals surface area (Å²) in [6.45, 7) is 5.97. The summed E-state index contributed by atoms with van der Waals surface area (Å²) in [5.41, 5.74) is 7.60. The number of hydrogen-bond acceptors (Lipinski definition) is 3. The molecule has 138 valence electrons. The van der Waals surface area contributed by atoms with Crippen molar-refractivity contribution in [2.24, 2.45) is 11.7 Å². The van der Waals surface area contributed by atoms with Gasteiger partial charge in [0.05, 0.1) is 6.04 Å². The van der Waals surface area contributed by atoms with Crippen LogP contribution in [0, 0.1) is 5.92 Å². The van der Waals surface area contributed by atoms with Crippen LogP contribution in [0.2, 0.25) is 0 Å². The van der Waals surface area contributed by atoms with Gasteiger partial charge in [-0.15, -0.1) is 0 Å². The van der Waals surface area contributed by atoms with Crippen molar-refractivity contribution in [3.8, 4) is 0 Å². The first-order valence-electron chi connectivity index (χ1n) is 9.34. The Hall–Kier alpha value is -1.88. The number of rotatable bonds is 6. The van der Waals surface area contributed by atoms with Gasteiger partial charge in [-0.05, 0) is 42.7 Å². The quantitative estimate of drug-likeness (QED) is 0.736. The van der Waals surface area contributed by atoms with Gasteiger partial charge in [0.2, 0.25) is 5.91 Å². The minimum absolute atomic E-state index is 0.0361. The van der Waals surface area contributed by atoms with Crippen molar-refractivity contribution in [1.82, 2.24) is 10.6 Å². The zero-order chi connectivity index (χ0) is 18.4. The van der Waals surface area contributed by atoms with Gasteiger partial charge >= 0.3 is 6.03 Å². The fourth-order valence-electron chi connectivity index (χ4n) is 3.66. The Kier molecular flexibility index (Phi) is 7.00. The lowest BCUT2D eigenvalue weighted by Gasteiger charge is -2.27. The van der Waals surface area contributed by atoms with Crippen molar-refractivity contribution in [2.75, 3.05) is 0 Å². The first kappa shape index (κ1) is 19.4. The summed E-state index contributed by atoms with van der Waals surface area (Å²) in [5, 5.41) is 5.44. The number of carbonyl (C=O) groups is 2. The molecule has 1 aromatic carbocycles. The van der Waals surface area contributed by atoms with E-state index in [2.05, 4.69) is 48.7 Å². The van der Waals surface area contributed by atoms with Gasteiger partial charge in [-0.1, -0.05) is 57.4 Å². The van der Waals surface area contributed by atoms with Gasteiger partial charge < -0.3 is 5.73 Å². The Balaban J connectivity index is 2.06. The first-order chi connectivity index (χ1) is 11.9. The number of hydrogen-bond donors (Lipinski definition) is 3. The van der Waals surface area contributed by atoms with Crippen molar-refractivity contribution >= 4 is 11.9 Å². The average Bonchev–Trinajstić information content (AvgIpc) is 2.59. The maximum absolute atomic E-state index is 11.9. The van der Waals surface area contributed by atoms with Gasteiger partial charge in [0.1, 0.15) is 0 Å². The van der Waals surface area contributed by atoms with E-state index in [9.17, 15) is 9.59 Å². The molecule has 0 aliphatic heterocycles. The van der Waals surface area contributed by atoms with Crippen molar-refractivity contribution in [3.05, 3.63) is 35.4 Å². The molecule has 5 nitrogen and oxygen atoms in total. The summed E-state index contributed by atoms with van der Waals surface area (Å²) < 4.78 is 0. The van der Waals surface area contributed by atoms with Crippen molar-refractivity contribution in [1.29, 1.82) is 0 Å². The van der Waals surface area contributed by atoms with Gasteiger partial charge in [0, 0.05) is 6.04 Å². The number of primary amides is 1. The third-order valence-electron chi connectivity index (χ3n) is 5.11. The van der Waals surface area contributed by atoms with Crippen LogP contribution in [0.25, 0.3) is 0 Å². The molecular weight excluding hydrogens is 314 g/mol. The molecule has 0 radical (unpaired) electrons. The van der Waals surface area contributed by atoms with E-state index < -0.39 is 18.0 Å². The van der Waals surface area contributed by atoms with Crippen molar-refractivity contribution < 1.29 is 9.59 Å². The van der Waals surface area contributed by atoms with E-state index in [-0.39, 0.29) is 6.04 Å². The monoisotopic (exact) mass is 345 g/mol. The Labute approximate surface area is 150 Å². The lowest BCUT2D eigenvalue weighted by Crippen LogP contribution is -2.48. The van der Waals surface area contributed by atoms with Crippen molar-refractivity contribution in [2.45, 2.75) is 70.9 Å². The van der Waals surface area contributed by atoms with E-state index in [0.717, 1.165) is 5.56 Å². The number of urea groups is 1. The SMILES string of the molecule is CC(C)[C@H](N[C@@H](C)C(=O)NC(N)=O)c1ccc(C2CCCCC2)cc1. The molecule has 0 unspecified atom stereocenters. The maximum Gasteiger partial charge on any atom is 0.318 e. The molecule has 1 fully saturated rings. The van der Waals surface area contributed by atoms with E-state index in [1.165, 1.54) is 37.7 Å². The van der Waals surface area contributed by atoms with E-state index >= 15 is 0 Å². The van der Waals surface area contributed by atoms with Gasteiger partial charge in [0.15, 0.2) is 0 Å². The Morgan fingerprint density at radius 1 is 1.04 bits per heavy atom. The Morgan fingerprint density at radius 2 is 1.64 bits per heavy atom. The second kappa shape index (κ2) is 8.99. The van der Waals surface area contributed by atoms with Crippen LogP contribution in [-0.4, -0.2) is 18.0 Å². The molecule has 1 aliphatic carbocycles. The summed E-state index contributed by atoms with van der Waals surface area (Å²) in [7, 11) is 0. The summed E-state index contributed by atoms with van der Waals surface area (Å²) in [6.07, 6.45) is 6.59. The van der Waals surface area contributed by atoms with Crippen LogP contribution in [0.5, 0.6) is 0 Å². The highest BCUT2D eigenvalue weighted by Gasteiger charge is 2.23. The molecule has 4 N–H and O–H groups in total. The highest BCUT2D eigenvalue weighted by atomic mass is 16.2. The highest BCUT2D eigenvalue weighted by molar-refractivity contribution is 5.96. The van der Waals surface area contributed by atoms with E-state index in [4.69, 9.17) is 5.73 Å². The number of carbonyl (C=O) groups excluding carboxylic acids is 2. The first-order valence-corrected chi connectivity index (χ1v) is 9.34. The minimum atomic E-state index is -0.823. The molecule has 1 aromatic rings. The van der Waals surface area contributed by atoms with Crippen LogP contribution in [0.3, 0.4) is 0 Å². The maximum atomic E-state index is 11.9. The summed E-state index contributed by atoms with van der Waals surface area (Å²) in [6, 6.07) is 7.51. The van der Waals surface area contributed by atoms with Crippen LogP contribution < -0.4 is 16.4 Å². The molecule has 2 rings (SSSR count). The molecule has 1 saturated carbocycles. The van der Waals surface area contributed by atoms with Gasteiger partial charge in [-0.2, -0.15) is 0 Å². The molecule has 0 aromatic heterocycles. The van der Waals surface area contributed by atoms with E-state index in [1.807, 2.05) is 0 Å². The van der Waals surface area contributed by atoms with Crippen LogP contribution in [0.1, 0.15) is 76.0 Å². The van der Waals surface area contributed by atoms with E-state index in [1.54, 1.807) is 6.92 Å². The second-order valence-corrected chi connectivity index (χ2v) is 7.47. The molecule has 2 atom stereocenters. The number of benzene rings is 1. The second-order valence-electron chi connectivity index (χ2n) is 7.47. The fraction of sp³-hybridized carbons (Fsp3) is 0.600. The number of nitrogens with one attached hydrogen (secondary N) is 2. The predicted molar refractivity (Wildman–Crippen MR) is 100 cm³/mol. The highest BCUT2D eigenvalue weighted by Crippen LogP contribution is 2.33. The topological polar surface area (TPSA) is 84.2 Å². The van der Waals surface area contributed by atoms with Crippen LogP contribution in [0.4, 0.5) is 4.79 Å².